The summed E-state index contributed by atoms with van der Waals surface area (Å²) in [6.45, 7) is 4.02. The predicted molar refractivity (Wildman–Crippen MR) is 74.1 cm³/mol. The summed E-state index contributed by atoms with van der Waals surface area (Å²) < 4.78 is 10.0. The van der Waals surface area contributed by atoms with Crippen molar-refractivity contribution in [3.63, 3.8) is 0 Å². The van der Waals surface area contributed by atoms with E-state index in [2.05, 4.69) is 0 Å². The second kappa shape index (κ2) is 7.53. The molecule has 20 heavy (non-hydrogen) atoms. The molecule has 0 heterocycles. The summed E-state index contributed by atoms with van der Waals surface area (Å²) in [6.07, 6.45) is 1.10. The van der Waals surface area contributed by atoms with Gasteiger partial charge in [-0.2, -0.15) is 0 Å². The molecule has 0 aliphatic heterocycles. The van der Waals surface area contributed by atoms with Gasteiger partial charge in [0.1, 0.15) is 11.3 Å². The molecule has 5 heteroatoms. The maximum Gasteiger partial charge on any atom is 0.339 e. The third kappa shape index (κ3) is 3.98. The van der Waals surface area contributed by atoms with Crippen LogP contribution in [0.5, 0.6) is 5.75 Å². The topological polar surface area (TPSA) is 72.8 Å². The van der Waals surface area contributed by atoms with E-state index in [-0.39, 0.29) is 17.5 Å². The Morgan fingerprint density at radius 3 is 2.50 bits per heavy atom. The Hall–Kier alpha value is -2.04. The molecule has 0 aromatic heterocycles. The summed E-state index contributed by atoms with van der Waals surface area (Å²) in [5.74, 6) is -1.24. The second-order valence-corrected chi connectivity index (χ2v) is 4.40. The number of aromatic carboxylic acids is 1. The fourth-order valence-electron chi connectivity index (χ4n) is 1.99. The molecule has 1 N–H and O–H groups in total. The average Bonchev–Trinajstić information content (AvgIpc) is 2.44. The van der Waals surface area contributed by atoms with Crippen molar-refractivity contribution in [1.82, 2.24) is 0 Å². The Morgan fingerprint density at radius 2 is 2.00 bits per heavy atom. The first-order valence-electron chi connectivity index (χ1n) is 6.60. The molecule has 0 aliphatic rings. The Bertz CT molecular complexity index is 481. The van der Waals surface area contributed by atoms with Gasteiger partial charge in [-0.1, -0.05) is 13.0 Å². The van der Waals surface area contributed by atoms with Gasteiger partial charge < -0.3 is 14.6 Å². The van der Waals surface area contributed by atoms with Crippen molar-refractivity contribution < 1.29 is 24.2 Å². The molecule has 0 bridgehead atoms. The SMILES string of the molecule is CCOC(=O)[C@H](CC)Cc1ccc(OC)c(C(=O)O)c1. The molecular formula is C15H20O5. The number of carbonyl (C=O) groups excluding carboxylic acids is 1. The summed E-state index contributed by atoms with van der Waals surface area (Å²) >= 11 is 0. The van der Waals surface area contributed by atoms with Crippen LogP contribution in [0.1, 0.15) is 36.2 Å². The van der Waals surface area contributed by atoms with E-state index in [1.807, 2.05) is 6.92 Å². The van der Waals surface area contributed by atoms with Gasteiger partial charge >= 0.3 is 11.9 Å². The number of carbonyl (C=O) groups is 2. The zero-order chi connectivity index (χ0) is 15.1. The Balaban J connectivity index is 2.94. The zero-order valence-electron chi connectivity index (χ0n) is 12.0. The molecule has 0 radical (unpaired) electrons. The lowest BCUT2D eigenvalue weighted by Gasteiger charge is -2.14. The van der Waals surface area contributed by atoms with Gasteiger partial charge in [0.2, 0.25) is 0 Å². The highest BCUT2D eigenvalue weighted by molar-refractivity contribution is 5.91. The third-order valence-corrected chi connectivity index (χ3v) is 3.09. The number of benzene rings is 1. The molecule has 110 valence electrons. The monoisotopic (exact) mass is 280 g/mol. The van der Waals surface area contributed by atoms with Crippen molar-refractivity contribution in [2.75, 3.05) is 13.7 Å². The highest BCUT2D eigenvalue weighted by Crippen LogP contribution is 2.22. The molecule has 0 amide bonds. The van der Waals surface area contributed by atoms with Crippen molar-refractivity contribution in [2.24, 2.45) is 5.92 Å². The van der Waals surface area contributed by atoms with Crippen LogP contribution < -0.4 is 4.74 Å². The summed E-state index contributed by atoms with van der Waals surface area (Å²) in [4.78, 5) is 22.9. The quantitative estimate of drug-likeness (QED) is 0.777. The van der Waals surface area contributed by atoms with Gasteiger partial charge in [-0.05, 0) is 37.5 Å². The molecular weight excluding hydrogens is 260 g/mol. The summed E-state index contributed by atoms with van der Waals surface area (Å²) in [5.41, 5.74) is 0.881. The van der Waals surface area contributed by atoms with Crippen LogP contribution in [0.25, 0.3) is 0 Å². The maximum absolute atomic E-state index is 11.8. The van der Waals surface area contributed by atoms with Crippen molar-refractivity contribution in [2.45, 2.75) is 26.7 Å². The average molecular weight is 280 g/mol. The van der Waals surface area contributed by atoms with Crippen molar-refractivity contribution >= 4 is 11.9 Å². The Labute approximate surface area is 118 Å². The van der Waals surface area contributed by atoms with Gasteiger partial charge in [0.15, 0.2) is 0 Å². The van der Waals surface area contributed by atoms with Crippen LogP contribution in [0.3, 0.4) is 0 Å². The van der Waals surface area contributed by atoms with E-state index in [9.17, 15) is 9.59 Å². The fraction of sp³-hybridized carbons (Fsp3) is 0.467. The second-order valence-electron chi connectivity index (χ2n) is 4.40. The lowest BCUT2D eigenvalue weighted by molar-refractivity contribution is -0.148. The number of hydrogen-bond donors (Lipinski definition) is 1. The van der Waals surface area contributed by atoms with E-state index < -0.39 is 5.97 Å². The molecule has 0 saturated carbocycles. The number of hydrogen-bond acceptors (Lipinski definition) is 4. The molecule has 5 nitrogen and oxygen atoms in total. The first kappa shape index (κ1) is 16.0. The van der Waals surface area contributed by atoms with Crippen LogP contribution >= 0.6 is 0 Å². The van der Waals surface area contributed by atoms with Crippen LogP contribution in [-0.4, -0.2) is 30.8 Å². The van der Waals surface area contributed by atoms with Gasteiger partial charge in [0.05, 0.1) is 19.6 Å². The van der Waals surface area contributed by atoms with Crippen molar-refractivity contribution in [1.29, 1.82) is 0 Å². The molecule has 1 aromatic carbocycles. The first-order chi connectivity index (χ1) is 9.53. The van der Waals surface area contributed by atoms with Gasteiger partial charge in [-0.3, -0.25) is 4.79 Å². The van der Waals surface area contributed by atoms with Crippen LogP contribution in [0, 0.1) is 5.92 Å². The third-order valence-electron chi connectivity index (χ3n) is 3.09. The molecule has 1 atom stereocenters. The van der Waals surface area contributed by atoms with Crippen molar-refractivity contribution in [3.05, 3.63) is 29.3 Å². The highest BCUT2D eigenvalue weighted by atomic mass is 16.5. The Morgan fingerprint density at radius 1 is 1.30 bits per heavy atom. The van der Waals surface area contributed by atoms with Crippen LogP contribution in [-0.2, 0) is 16.0 Å². The summed E-state index contributed by atoms with van der Waals surface area (Å²) in [5, 5.41) is 9.13. The lowest BCUT2D eigenvalue weighted by atomic mass is 9.95. The molecule has 0 aliphatic carbocycles. The van der Waals surface area contributed by atoms with Crippen molar-refractivity contribution in [3.8, 4) is 5.75 Å². The van der Waals surface area contributed by atoms with Gasteiger partial charge in [0.25, 0.3) is 0 Å². The van der Waals surface area contributed by atoms with Gasteiger partial charge in [-0.15, -0.1) is 0 Å². The number of carboxylic acid groups (broad SMARTS) is 1. The minimum absolute atomic E-state index is 0.101. The normalized spacial score (nSPS) is 11.8. The smallest absolute Gasteiger partial charge is 0.339 e. The van der Waals surface area contributed by atoms with E-state index in [0.29, 0.717) is 25.2 Å². The molecule has 1 aromatic rings. The zero-order valence-corrected chi connectivity index (χ0v) is 12.0. The molecule has 0 unspecified atom stereocenters. The van der Waals surface area contributed by atoms with Gasteiger partial charge in [0, 0.05) is 0 Å². The molecule has 0 fully saturated rings. The number of carboxylic acids is 1. The van der Waals surface area contributed by atoms with E-state index in [4.69, 9.17) is 14.6 Å². The van der Waals surface area contributed by atoms with Crippen LogP contribution in [0.15, 0.2) is 18.2 Å². The standard InChI is InChI=1S/C15H20O5/c1-4-11(15(18)20-5-2)8-10-6-7-13(19-3)12(9-10)14(16)17/h6-7,9,11H,4-5,8H2,1-3H3,(H,16,17)/t11-/m1/s1. The fourth-order valence-corrected chi connectivity index (χ4v) is 1.99. The van der Waals surface area contributed by atoms with Crippen LogP contribution in [0.4, 0.5) is 0 Å². The number of rotatable bonds is 7. The van der Waals surface area contributed by atoms with Crippen LogP contribution in [0.2, 0.25) is 0 Å². The minimum atomic E-state index is -1.05. The van der Waals surface area contributed by atoms with E-state index in [1.54, 1.807) is 25.1 Å². The number of methoxy groups -OCH3 is 1. The summed E-state index contributed by atoms with van der Waals surface area (Å²) in [6, 6.07) is 4.92. The van der Waals surface area contributed by atoms with Gasteiger partial charge in [-0.25, -0.2) is 4.79 Å². The van der Waals surface area contributed by atoms with E-state index in [0.717, 1.165) is 5.56 Å². The van der Waals surface area contributed by atoms with E-state index >= 15 is 0 Å². The highest BCUT2D eigenvalue weighted by Gasteiger charge is 2.20. The van der Waals surface area contributed by atoms with E-state index in [1.165, 1.54) is 7.11 Å². The lowest BCUT2D eigenvalue weighted by Crippen LogP contribution is -2.19. The largest absolute Gasteiger partial charge is 0.496 e. The number of esters is 1. The molecule has 1 rings (SSSR count). The first-order valence-corrected chi connectivity index (χ1v) is 6.60. The molecule has 0 spiro atoms. The maximum atomic E-state index is 11.8. The number of ether oxygens (including phenoxy) is 2. The predicted octanol–water partition coefficient (Wildman–Crippen LogP) is 2.53. The summed E-state index contributed by atoms with van der Waals surface area (Å²) in [7, 11) is 1.43. The Kier molecular flexibility index (Phi) is 6.03. The minimum Gasteiger partial charge on any atom is -0.496 e. The molecule has 0 saturated heterocycles.